The van der Waals surface area contributed by atoms with E-state index in [4.69, 9.17) is 0 Å². The Morgan fingerprint density at radius 3 is 2.60 bits per heavy atom. The summed E-state index contributed by atoms with van der Waals surface area (Å²) in [5.41, 5.74) is 1.82. The quantitative estimate of drug-likeness (QED) is 0.804. The molecule has 6 heteroatoms. The van der Waals surface area contributed by atoms with Crippen molar-refractivity contribution in [2.75, 3.05) is 23.8 Å². The molecule has 1 amide bonds. The molecule has 0 atom stereocenters. The lowest BCUT2D eigenvalue weighted by Gasteiger charge is -2.20. The van der Waals surface area contributed by atoms with Gasteiger partial charge >= 0.3 is 5.97 Å². The highest BCUT2D eigenvalue weighted by Gasteiger charge is 2.17. The summed E-state index contributed by atoms with van der Waals surface area (Å²) in [5.74, 6) is -0.962. The molecule has 0 aliphatic carbocycles. The Kier molecular flexibility index (Phi) is 6.11. The van der Waals surface area contributed by atoms with Gasteiger partial charge in [0.1, 0.15) is 11.4 Å². The minimum absolute atomic E-state index is 0.0705. The summed E-state index contributed by atoms with van der Waals surface area (Å²) >= 11 is 0. The Hall–Kier alpha value is -2.89. The zero-order chi connectivity index (χ0) is 18.4. The molecule has 0 saturated carbocycles. The van der Waals surface area contributed by atoms with Crippen LogP contribution in [0.5, 0.6) is 0 Å². The third-order valence-corrected chi connectivity index (χ3v) is 3.95. The number of rotatable bonds is 7. The SMILES string of the molecule is CCCCN(C)c1ncc(NC(=O)c2ccccc2C)cc1C(=O)O. The highest BCUT2D eigenvalue weighted by atomic mass is 16.4. The first-order valence-corrected chi connectivity index (χ1v) is 8.25. The van der Waals surface area contributed by atoms with Crippen LogP contribution in [0.3, 0.4) is 0 Å². The van der Waals surface area contributed by atoms with Gasteiger partial charge in [-0.3, -0.25) is 4.79 Å². The van der Waals surface area contributed by atoms with Gasteiger partial charge in [0, 0.05) is 19.2 Å². The van der Waals surface area contributed by atoms with Crippen LogP contribution in [-0.2, 0) is 0 Å². The summed E-state index contributed by atoms with van der Waals surface area (Å²) in [6, 6.07) is 8.67. The van der Waals surface area contributed by atoms with E-state index in [1.54, 1.807) is 12.1 Å². The number of hydrogen-bond donors (Lipinski definition) is 2. The molecular formula is C19H23N3O3. The molecular weight excluding hydrogens is 318 g/mol. The Bertz CT molecular complexity index is 774. The molecule has 0 saturated heterocycles. The Morgan fingerprint density at radius 1 is 1.24 bits per heavy atom. The van der Waals surface area contributed by atoms with Crippen LogP contribution in [0.15, 0.2) is 36.5 Å². The predicted molar refractivity (Wildman–Crippen MR) is 98.5 cm³/mol. The normalized spacial score (nSPS) is 10.4. The van der Waals surface area contributed by atoms with Crippen LogP contribution in [0, 0.1) is 6.92 Å². The molecule has 1 aromatic carbocycles. The van der Waals surface area contributed by atoms with E-state index in [2.05, 4.69) is 17.2 Å². The van der Waals surface area contributed by atoms with Crippen molar-refractivity contribution in [2.24, 2.45) is 0 Å². The topological polar surface area (TPSA) is 82.5 Å². The lowest BCUT2D eigenvalue weighted by Crippen LogP contribution is -2.23. The summed E-state index contributed by atoms with van der Waals surface area (Å²) in [6.07, 6.45) is 3.45. The Labute approximate surface area is 147 Å². The predicted octanol–water partition coefficient (Wildman–Crippen LogP) is 3.58. The second kappa shape index (κ2) is 8.28. The molecule has 6 nitrogen and oxygen atoms in total. The van der Waals surface area contributed by atoms with Crippen LogP contribution in [0.25, 0.3) is 0 Å². The number of carbonyl (C=O) groups excluding carboxylic acids is 1. The smallest absolute Gasteiger partial charge is 0.339 e. The van der Waals surface area contributed by atoms with Gasteiger partial charge in [0.2, 0.25) is 0 Å². The number of nitrogens with one attached hydrogen (secondary N) is 1. The van der Waals surface area contributed by atoms with Gasteiger partial charge in [0.25, 0.3) is 5.91 Å². The molecule has 2 rings (SSSR count). The number of carbonyl (C=O) groups is 2. The van der Waals surface area contributed by atoms with Crippen LogP contribution in [-0.4, -0.2) is 35.6 Å². The summed E-state index contributed by atoms with van der Waals surface area (Å²) in [7, 11) is 1.82. The zero-order valence-corrected chi connectivity index (χ0v) is 14.7. The van der Waals surface area contributed by atoms with E-state index >= 15 is 0 Å². The van der Waals surface area contributed by atoms with Gasteiger partial charge in [-0.2, -0.15) is 0 Å². The summed E-state index contributed by atoms with van der Waals surface area (Å²) < 4.78 is 0. The maximum Gasteiger partial charge on any atom is 0.339 e. The average Bonchev–Trinajstić information content (AvgIpc) is 2.59. The summed E-state index contributed by atoms with van der Waals surface area (Å²) in [4.78, 5) is 30.0. The van der Waals surface area contributed by atoms with E-state index in [9.17, 15) is 14.7 Å². The van der Waals surface area contributed by atoms with Crippen molar-refractivity contribution >= 4 is 23.4 Å². The molecule has 0 aliphatic rings. The Morgan fingerprint density at radius 2 is 1.96 bits per heavy atom. The van der Waals surface area contributed by atoms with Gasteiger partial charge in [0.15, 0.2) is 0 Å². The Balaban J connectivity index is 2.25. The number of benzene rings is 1. The van der Waals surface area contributed by atoms with Gasteiger partial charge in [-0.05, 0) is 31.0 Å². The highest BCUT2D eigenvalue weighted by Crippen LogP contribution is 2.22. The van der Waals surface area contributed by atoms with Crippen LogP contribution in [0.4, 0.5) is 11.5 Å². The molecule has 0 unspecified atom stereocenters. The third kappa shape index (κ3) is 4.56. The fourth-order valence-electron chi connectivity index (χ4n) is 2.51. The first kappa shape index (κ1) is 18.4. The van der Waals surface area contributed by atoms with Crippen molar-refractivity contribution in [3.05, 3.63) is 53.2 Å². The number of pyridine rings is 1. The fraction of sp³-hybridized carbons (Fsp3) is 0.316. The first-order valence-electron chi connectivity index (χ1n) is 8.25. The highest BCUT2D eigenvalue weighted by molar-refractivity contribution is 6.06. The van der Waals surface area contributed by atoms with Crippen molar-refractivity contribution in [3.63, 3.8) is 0 Å². The number of anilines is 2. The molecule has 0 bridgehead atoms. The summed E-state index contributed by atoms with van der Waals surface area (Å²) in [6.45, 7) is 4.64. The maximum absolute atomic E-state index is 12.4. The minimum atomic E-state index is -1.07. The fourth-order valence-corrected chi connectivity index (χ4v) is 2.51. The van der Waals surface area contributed by atoms with Crippen molar-refractivity contribution in [1.29, 1.82) is 0 Å². The van der Waals surface area contributed by atoms with E-state index in [1.165, 1.54) is 12.3 Å². The molecule has 1 aromatic heterocycles. The molecule has 132 valence electrons. The molecule has 1 heterocycles. The molecule has 0 fully saturated rings. The lowest BCUT2D eigenvalue weighted by atomic mass is 10.1. The van der Waals surface area contributed by atoms with E-state index in [-0.39, 0.29) is 11.5 Å². The second-order valence-corrected chi connectivity index (χ2v) is 5.94. The molecule has 0 spiro atoms. The van der Waals surface area contributed by atoms with Crippen LogP contribution >= 0.6 is 0 Å². The third-order valence-electron chi connectivity index (χ3n) is 3.95. The number of aromatic nitrogens is 1. The second-order valence-electron chi connectivity index (χ2n) is 5.94. The van der Waals surface area contributed by atoms with Gasteiger partial charge in [0.05, 0.1) is 11.9 Å². The van der Waals surface area contributed by atoms with Gasteiger partial charge < -0.3 is 15.3 Å². The average molecular weight is 341 g/mol. The maximum atomic E-state index is 12.4. The number of carboxylic acid groups (broad SMARTS) is 1. The van der Waals surface area contributed by atoms with E-state index in [0.717, 1.165) is 24.9 Å². The standard InChI is InChI=1S/C19H23N3O3/c1-4-5-10-22(3)17-16(19(24)25)11-14(12-20-17)21-18(23)15-9-7-6-8-13(15)2/h6-9,11-12H,4-5,10H2,1-3H3,(H,21,23)(H,24,25). The number of aryl methyl sites for hydroxylation is 1. The number of hydrogen-bond acceptors (Lipinski definition) is 4. The van der Waals surface area contributed by atoms with E-state index in [1.807, 2.05) is 31.0 Å². The monoisotopic (exact) mass is 341 g/mol. The minimum Gasteiger partial charge on any atom is -0.478 e. The van der Waals surface area contributed by atoms with E-state index < -0.39 is 5.97 Å². The number of aromatic carboxylic acids is 1. The van der Waals surface area contributed by atoms with Gasteiger partial charge in [-0.15, -0.1) is 0 Å². The largest absolute Gasteiger partial charge is 0.478 e. The molecule has 2 N–H and O–H groups in total. The molecule has 2 aromatic rings. The lowest BCUT2D eigenvalue weighted by molar-refractivity contribution is 0.0697. The molecule has 0 aliphatic heterocycles. The molecule has 25 heavy (non-hydrogen) atoms. The van der Waals surface area contributed by atoms with Crippen LogP contribution in [0.2, 0.25) is 0 Å². The van der Waals surface area contributed by atoms with Crippen molar-refractivity contribution < 1.29 is 14.7 Å². The number of nitrogens with zero attached hydrogens (tertiary/aromatic N) is 2. The first-order chi connectivity index (χ1) is 11.9. The van der Waals surface area contributed by atoms with Crippen LogP contribution < -0.4 is 10.2 Å². The van der Waals surface area contributed by atoms with Crippen molar-refractivity contribution in [3.8, 4) is 0 Å². The van der Waals surface area contributed by atoms with E-state index in [0.29, 0.717) is 17.1 Å². The number of carboxylic acids is 1. The van der Waals surface area contributed by atoms with Crippen molar-refractivity contribution in [2.45, 2.75) is 26.7 Å². The van der Waals surface area contributed by atoms with Crippen LogP contribution in [0.1, 0.15) is 46.0 Å². The van der Waals surface area contributed by atoms with Gasteiger partial charge in [-0.25, -0.2) is 9.78 Å². The van der Waals surface area contributed by atoms with Crippen molar-refractivity contribution in [1.82, 2.24) is 4.98 Å². The molecule has 0 radical (unpaired) electrons. The number of unbranched alkanes of at least 4 members (excludes halogenated alkanes) is 1. The zero-order valence-electron chi connectivity index (χ0n) is 14.7. The number of amides is 1. The van der Waals surface area contributed by atoms with Gasteiger partial charge in [-0.1, -0.05) is 31.5 Å². The summed E-state index contributed by atoms with van der Waals surface area (Å²) in [5, 5.41) is 12.2.